The molecule has 5 heteroatoms. The Hall–Kier alpha value is -2.04. The predicted octanol–water partition coefficient (Wildman–Crippen LogP) is 4.02. The summed E-state index contributed by atoms with van der Waals surface area (Å²) < 4.78 is 5.78. The first-order valence-electron chi connectivity index (χ1n) is 9.04. The highest BCUT2D eigenvalue weighted by atomic mass is 35.5. The number of hydrogen-bond donors (Lipinski definition) is 2. The molecule has 2 N–H and O–H groups in total. The molecule has 2 fully saturated rings. The third-order valence-electron chi connectivity index (χ3n) is 5.48. The van der Waals surface area contributed by atoms with E-state index in [0.717, 1.165) is 49.4 Å². The number of carbonyl (C=O) groups is 1. The van der Waals surface area contributed by atoms with Gasteiger partial charge in [-0.05, 0) is 67.6 Å². The quantitative estimate of drug-likeness (QED) is 0.833. The number of amides is 1. The van der Waals surface area contributed by atoms with Gasteiger partial charge in [0.2, 0.25) is 5.91 Å². The minimum Gasteiger partial charge on any atom is -0.489 e. The largest absolute Gasteiger partial charge is 0.489 e. The molecule has 1 saturated heterocycles. The van der Waals surface area contributed by atoms with E-state index < -0.39 is 0 Å². The van der Waals surface area contributed by atoms with Crippen LogP contribution in [0.25, 0.3) is 0 Å². The Kier molecular flexibility index (Phi) is 5.84. The normalized spacial score (nSPS) is 20.1. The van der Waals surface area contributed by atoms with Crippen LogP contribution in [0, 0.1) is 11.3 Å². The minimum atomic E-state index is 0. The van der Waals surface area contributed by atoms with Crippen molar-refractivity contribution in [2.24, 2.45) is 11.3 Å². The number of hydrogen-bond acceptors (Lipinski definition) is 3. The van der Waals surface area contributed by atoms with E-state index in [2.05, 4.69) is 10.6 Å². The zero-order chi connectivity index (χ0) is 17.1. The fourth-order valence-electron chi connectivity index (χ4n) is 3.80. The summed E-state index contributed by atoms with van der Waals surface area (Å²) in [5.74, 6) is 1.16. The maximum atomic E-state index is 12.5. The third kappa shape index (κ3) is 4.19. The smallest absolute Gasteiger partial charge is 0.228 e. The zero-order valence-electron chi connectivity index (χ0n) is 14.7. The lowest BCUT2D eigenvalue weighted by molar-refractivity contribution is -0.118. The summed E-state index contributed by atoms with van der Waals surface area (Å²) in [4.78, 5) is 12.5. The first-order valence-corrected chi connectivity index (χ1v) is 9.04. The predicted molar refractivity (Wildman–Crippen MR) is 106 cm³/mol. The van der Waals surface area contributed by atoms with Crippen molar-refractivity contribution in [3.05, 3.63) is 60.2 Å². The second-order valence-corrected chi connectivity index (χ2v) is 7.16. The molecule has 26 heavy (non-hydrogen) atoms. The second kappa shape index (κ2) is 8.11. The van der Waals surface area contributed by atoms with E-state index >= 15 is 0 Å². The SMILES string of the molecule is Cl.O=C(Nc1ccc(OCc2ccccc2)cc1)C1CC12CCNCC2. The molecule has 1 heterocycles. The molecule has 138 valence electrons. The maximum Gasteiger partial charge on any atom is 0.228 e. The van der Waals surface area contributed by atoms with Crippen molar-refractivity contribution in [2.75, 3.05) is 18.4 Å². The molecule has 4 nitrogen and oxygen atoms in total. The average Bonchev–Trinajstić information content (AvgIpc) is 3.35. The van der Waals surface area contributed by atoms with Crippen LogP contribution in [-0.2, 0) is 11.4 Å². The van der Waals surface area contributed by atoms with Crippen molar-refractivity contribution in [1.82, 2.24) is 5.32 Å². The highest BCUT2D eigenvalue weighted by Crippen LogP contribution is 2.58. The number of nitrogens with one attached hydrogen (secondary N) is 2. The Morgan fingerprint density at radius 2 is 1.77 bits per heavy atom. The lowest BCUT2D eigenvalue weighted by atomic mass is 9.92. The van der Waals surface area contributed by atoms with E-state index in [1.165, 1.54) is 0 Å². The van der Waals surface area contributed by atoms with E-state index in [9.17, 15) is 4.79 Å². The molecule has 2 aliphatic rings. The highest BCUT2D eigenvalue weighted by Gasteiger charge is 2.57. The number of halogens is 1. The molecular weight excluding hydrogens is 348 g/mol. The molecule has 1 aliphatic heterocycles. The Bertz CT molecular complexity index is 727. The molecule has 1 spiro atoms. The van der Waals surface area contributed by atoms with E-state index in [4.69, 9.17) is 4.74 Å². The summed E-state index contributed by atoms with van der Waals surface area (Å²) in [5, 5.41) is 6.44. The van der Waals surface area contributed by atoms with Crippen molar-refractivity contribution in [3.63, 3.8) is 0 Å². The maximum absolute atomic E-state index is 12.5. The summed E-state index contributed by atoms with van der Waals surface area (Å²) in [7, 11) is 0. The molecule has 1 unspecified atom stereocenters. The van der Waals surface area contributed by atoms with Gasteiger partial charge in [-0.1, -0.05) is 30.3 Å². The summed E-state index contributed by atoms with van der Waals surface area (Å²) in [6, 6.07) is 17.7. The number of piperidine rings is 1. The summed E-state index contributed by atoms with van der Waals surface area (Å²) >= 11 is 0. The summed E-state index contributed by atoms with van der Waals surface area (Å²) in [5.41, 5.74) is 2.25. The van der Waals surface area contributed by atoms with Crippen LogP contribution in [-0.4, -0.2) is 19.0 Å². The van der Waals surface area contributed by atoms with Gasteiger partial charge in [0.15, 0.2) is 0 Å². The topological polar surface area (TPSA) is 50.4 Å². The molecular formula is C21H25ClN2O2. The number of rotatable bonds is 5. The Morgan fingerprint density at radius 1 is 1.08 bits per heavy atom. The van der Waals surface area contributed by atoms with E-state index in [1.54, 1.807) is 0 Å². The highest BCUT2D eigenvalue weighted by molar-refractivity contribution is 5.95. The number of ether oxygens (including phenoxy) is 1. The molecule has 4 rings (SSSR count). The van der Waals surface area contributed by atoms with Crippen molar-refractivity contribution in [2.45, 2.75) is 25.9 Å². The third-order valence-corrected chi connectivity index (χ3v) is 5.48. The average molecular weight is 373 g/mol. The van der Waals surface area contributed by atoms with Crippen LogP contribution in [0.2, 0.25) is 0 Å². The fourth-order valence-corrected chi connectivity index (χ4v) is 3.80. The first kappa shape index (κ1) is 18.7. The van der Waals surface area contributed by atoms with E-state index in [1.807, 2.05) is 54.6 Å². The van der Waals surface area contributed by atoms with Gasteiger partial charge in [-0.3, -0.25) is 4.79 Å². The lowest BCUT2D eigenvalue weighted by Gasteiger charge is -2.23. The molecule has 2 aromatic carbocycles. The zero-order valence-corrected chi connectivity index (χ0v) is 15.6. The van der Waals surface area contributed by atoms with Gasteiger partial charge in [0, 0.05) is 11.6 Å². The minimum absolute atomic E-state index is 0. The van der Waals surface area contributed by atoms with Crippen LogP contribution >= 0.6 is 12.4 Å². The Labute approximate surface area is 160 Å². The Morgan fingerprint density at radius 3 is 2.46 bits per heavy atom. The van der Waals surface area contributed by atoms with Gasteiger partial charge in [0.1, 0.15) is 12.4 Å². The molecule has 1 amide bonds. The van der Waals surface area contributed by atoms with Crippen molar-refractivity contribution < 1.29 is 9.53 Å². The summed E-state index contributed by atoms with van der Waals surface area (Å²) in [6.07, 6.45) is 3.29. The van der Waals surface area contributed by atoms with Crippen molar-refractivity contribution >= 4 is 24.0 Å². The second-order valence-electron chi connectivity index (χ2n) is 7.16. The van der Waals surface area contributed by atoms with Crippen LogP contribution in [0.15, 0.2) is 54.6 Å². The fraction of sp³-hybridized carbons (Fsp3) is 0.381. The number of benzene rings is 2. The van der Waals surface area contributed by atoms with Crippen LogP contribution in [0.1, 0.15) is 24.8 Å². The Balaban J connectivity index is 0.00000196. The van der Waals surface area contributed by atoms with Crippen LogP contribution < -0.4 is 15.4 Å². The van der Waals surface area contributed by atoms with Gasteiger partial charge in [-0.25, -0.2) is 0 Å². The van der Waals surface area contributed by atoms with E-state index in [-0.39, 0.29) is 29.6 Å². The van der Waals surface area contributed by atoms with E-state index in [0.29, 0.717) is 6.61 Å². The number of carbonyl (C=O) groups excluding carboxylic acids is 1. The molecule has 1 saturated carbocycles. The monoisotopic (exact) mass is 372 g/mol. The molecule has 0 bridgehead atoms. The lowest BCUT2D eigenvalue weighted by Crippen LogP contribution is -2.31. The van der Waals surface area contributed by atoms with Crippen molar-refractivity contribution in [1.29, 1.82) is 0 Å². The van der Waals surface area contributed by atoms with Gasteiger partial charge in [-0.2, -0.15) is 0 Å². The van der Waals surface area contributed by atoms with Crippen LogP contribution in [0.3, 0.4) is 0 Å². The van der Waals surface area contributed by atoms with Gasteiger partial charge in [0.25, 0.3) is 0 Å². The van der Waals surface area contributed by atoms with Gasteiger partial charge in [0.05, 0.1) is 0 Å². The molecule has 0 aromatic heterocycles. The molecule has 0 radical (unpaired) electrons. The molecule has 1 atom stereocenters. The van der Waals surface area contributed by atoms with Crippen molar-refractivity contribution in [3.8, 4) is 5.75 Å². The van der Waals surface area contributed by atoms with Gasteiger partial charge in [-0.15, -0.1) is 12.4 Å². The standard InChI is InChI=1S/C21H24N2O2.ClH/c24-20(19-14-21(19)10-12-22-13-11-21)23-17-6-8-18(9-7-17)25-15-16-4-2-1-3-5-16;/h1-9,19,22H,10-15H2,(H,23,24);1H. The van der Waals surface area contributed by atoms with Gasteiger partial charge >= 0.3 is 0 Å². The van der Waals surface area contributed by atoms with Crippen LogP contribution in [0.4, 0.5) is 5.69 Å². The van der Waals surface area contributed by atoms with Gasteiger partial charge < -0.3 is 15.4 Å². The molecule has 1 aliphatic carbocycles. The molecule has 2 aromatic rings. The number of anilines is 1. The first-order chi connectivity index (χ1) is 12.3. The van der Waals surface area contributed by atoms with Crippen LogP contribution in [0.5, 0.6) is 5.75 Å². The summed E-state index contributed by atoms with van der Waals surface area (Å²) in [6.45, 7) is 2.62.